The minimum absolute atomic E-state index is 0.278. The zero-order valence-corrected chi connectivity index (χ0v) is 24.0. The Hall–Kier alpha value is -3.28. The number of benzene rings is 2. The standard InChI is InChI=1S/C30H35NO5S2/c1-5-34-29(37)38-23-13-19-26(35-27(32)25-17-10-7-11-18-25)20-22-31(28(33)36-30(2,3)4)21-12-16-24-14-8-6-9-15-24/h6-12,14-18,26H,5,20-23H2,1-4H3/b16-12+. The van der Waals surface area contributed by atoms with E-state index in [9.17, 15) is 9.59 Å². The molecule has 1 amide bonds. The predicted molar refractivity (Wildman–Crippen MR) is 158 cm³/mol. The van der Waals surface area contributed by atoms with E-state index >= 15 is 0 Å². The molecule has 0 saturated heterocycles. The molecule has 6 nitrogen and oxygen atoms in total. The molecule has 0 saturated carbocycles. The molecule has 38 heavy (non-hydrogen) atoms. The Bertz CT molecular complexity index is 1120. The number of thiocarbonyl (C=S) groups is 1. The van der Waals surface area contributed by atoms with Gasteiger partial charge in [0, 0.05) is 19.5 Å². The lowest BCUT2D eigenvalue weighted by molar-refractivity contribution is 0.0225. The highest BCUT2D eigenvalue weighted by Gasteiger charge is 2.23. The Kier molecular flexibility index (Phi) is 13.5. The normalized spacial score (nSPS) is 11.7. The van der Waals surface area contributed by atoms with Crippen molar-refractivity contribution in [3.8, 4) is 11.8 Å². The minimum atomic E-state index is -0.730. The van der Waals surface area contributed by atoms with Crippen molar-refractivity contribution < 1.29 is 23.8 Å². The van der Waals surface area contributed by atoms with Crippen LogP contribution in [0.1, 0.15) is 50.0 Å². The number of hydrogen-bond donors (Lipinski definition) is 0. The van der Waals surface area contributed by atoms with E-state index in [0.29, 0.717) is 35.3 Å². The largest absolute Gasteiger partial charge is 0.479 e. The summed E-state index contributed by atoms with van der Waals surface area (Å²) < 4.78 is 17.0. The van der Waals surface area contributed by atoms with Crippen molar-refractivity contribution in [2.45, 2.75) is 45.8 Å². The first-order valence-electron chi connectivity index (χ1n) is 12.4. The van der Waals surface area contributed by atoms with Crippen LogP contribution in [-0.2, 0) is 14.2 Å². The van der Waals surface area contributed by atoms with Crippen molar-refractivity contribution in [3.63, 3.8) is 0 Å². The van der Waals surface area contributed by atoms with Gasteiger partial charge in [-0.05, 0) is 57.6 Å². The molecule has 0 heterocycles. The highest BCUT2D eigenvalue weighted by Crippen LogP contribution is 2.13. The summed E-state index contributed by atoms with van der Waals surface area (Å²) >= 11 is 6.43. The van der Waals surface area contributed by atoms with Crippen molar-refractivity contribution in [1.29, 1.82) is 0 Å². The smallest absolute Gasteiger partial charge is 0.410 e. The molecule has 0 radical (unpaired) electrons. The molecule has 202 valence electrons. The van der Waals surface area contributed by atoms with Crippen LogP contribution in [0.3, 0.4) is 0 Å². The summed E-state index contributed by atoms with van der Waals surface area (Å²) in [6.07, 6.45) is 2.98. The Morgan fingerprint density at radius 2 is 1.74 bits per heavy atom. The molecule has 0 aliphatic rings. The van der Waals surface area contributed by atoms with Crippen molar-refractivity contribution in [2.75, 3.05) is 25.4 Å². The average molecular weight is 554 g/mol. The van der Waals surface area contributed by atoms with Crippen LogP contribution in [0.4, 0.5) is 4.79 Å². The first-order chi connectivity index (χ1) is 18.2. The molecule has 0 fully saturated rings. The van der Waals surface area contributed by atoms with Crippen LogP contribution in [0, 0.1) is 11.8 Å². The molecular weight excluding hydrogens is 518 g/mol. The van der Waals surface area contributed by atoms with Crippen LogP contribution in [0.5, 0.6) is 0 Å². The predicted octanol–water partition coefficient (Wildman–Crippen LogP) is 6.61. The van der Waals surface area contributed by atoms with Gasteiger partial charge in [0.15, 0.2) is 6.10 Å². The van der Waals surface area contributed by atoms with Gasteiger partial charge in [0.1, 0.15) is 5.60 Å². The van der Waals surface area contributed by atoms with E-state index in [0.717, 1.165) is 5.56 Å². The number of hydrogen-bond acceptors (Lipinski definition) is 7. The first kappa shape index (κ1) is 30.9. The number of nitrogens with zero attached hydrogens (tertiary/aromatic N) is 1. The van der Waals surface area contributed by atoms with Gasteiger partial charge in [-0.1, -0.05) is 84.3 Å². The van der Waals surface area contributed by atoms with Crippen LogP contribution in [0.25, 0.3) is 6.08 Å². The molecule has 0 aromatic heterocycles. The molecule has 8 heteroatoms. The van der Waals surface area contributed by atoms with Crippen LogP contribution in [0.2, 0.25) is 0 Å². The van der Waals surface area contributed by atoms with Gasteiger partial charge in [0.25, 0.3) is 0 Å². The van der Waals surface area contributed by atoms with E-state index in [-0.39, 0.29) is 6.54 Å². The van der Waals surface area contributed by atoms with Gasteiger partial charge in [-0.2, -0.15) is 0 Å². The summed E-state index contributed by atoms with van der Waals surface area (Å²) in [6.45, 7) is 8.43. The molecule has 0 bridgehead atoms. The molecule has 2 aromatic carbocycles. The Labute approximate surface area is 235 Å². The van der Waals surface area contributed by atoms with Crippen molar-refractivity contribution in [2.24, 2.45) is 0 Å². The molecule has 0 N–H and O–H groups in total. The third-order valence-corrected chi connectivity index (χ3v) is 5.91. The quantitative estimate of drug-likeness (QED) is 0.186. The number of rotatable bonds is 10. The second-order valence-corrected chi connectivity index (χ2v) is 10.7. The number of esters is 1. The number of thioether (sulfide) groups is 1. The fourth-order valence-corrected chi connectivity index (χ4v) is 3.85. The van der Waals surface area contributed by atoms with Crippen molar-refractivity contribution in [3.05, 3.63) is 77.9 Å². The van der Waals surface area contributed by atoms with Crippen molar-refractivity contribution >= 4 is 46.5 Å². The van der Waals surface area contributed by atoms with Gasteiger partial charge in [-0.25, -0.2) is 9.59 Å². The number of carbonyl (C=O) groups excluding carboxylic acids is 2. The highest BCUT2D eigenvalue weighted by molar-refractivity contribution is 8.22. The van der Waals surface area contributed by atoms with E-state index < -0.39 is 23.8 Å². The van der Waals surface area contributed by atoms with Crippen LogP contribution >= 0.6 is 24.0 Å². The molecule has 0 aliphatic carbocycles. The monoisotopic (exact) mass is 553 g/mol. The topological polar surface area (TPSA) is 65.1 Å². The lowest BCUT2D eigenvalue weighted by Crippen LogP contribution is -2.38. The van der Waals surface area contributed by atoms with Crippen LogP contribution < -0.4 is 0 Å². The highest BCUT2D eigenvalue weighted by atomic mass is 32.2. The summed E-state index contributed by atoms with van der Waals surface area (Å²) in [7, 11) is 0. The summed E-state index contributed by atoms with van der Waals surface area (Å²) in [5.74, 6) is 5.94. The van der Waals surface area contributed by atoms with E-state index in [2.05, 4.69) is 11.8 Å². The fraction of sp³-hybridized carbons (Fsp3) is 0.367. The van der Waals surface area contributed by atoms with E-state index in [1.807, 2.05) is 76.2 Å². The van der Waals surface area contributed by atoms with Gasteiger partial charge in [-0.3, -0.25) is 0 Å². The van der Waals surface area contributed by atoms with E-state index in [4.69, 9.17) is 26.4 Å². The fourth-order valence-electron chi connectivity index (χ4n) is 3.08. The van der Waals surface area contributed by atoms with Gasteiger partial charge in [0.05, 0.1) is 17.9 Å². The molecule has 1 atom stereocenters. The Morgan fingerprint density at radius 3 is 2.37 bits per heavy atom. The second-order valence-electron chi connectivity index (χ2n) is 9.08. The SMILES string of the molecule is CCOC(=S)SCC#CC(CCN(C/C=C/c1ccccc1)C(=O)OC(C)(C)C)OC(=O)c1ccccc1. The third kappa shape index (κ3) is 12.8. The van der Waals surface area contributed by atoms with Gasteiger partial charge in [-0.15, -0.1) is 0 Å². The number of ether oxygens (including phenoxy) is 3. The zero-order chi connectivity index (χ0) is 27.8. The summed E-state index contributed by atoms with van der Waals surface area (Å²) in [5, 5.41) is 0. The van der Waals surface area contributed by atoms with E-state index in [1.165, 1.54) is 11.8 Å². The minimum Gasteiger partial charge on any atom is -0.479 e. The maximum atomic E-state index is 12.9. The third-order valence-electron chi connectivity index (χ3n) is 4.79. The van der Waals surface area contributed by atoms with Gasteiger partial charge < -0.3 is 19.1 Å². The first-order valence-corrected chi connectivity index (χ1v) is 13.8. The lowest BCUT2D eigenvalue weighted by Gasteiger charge is -2.27. The maximum Gasteiger partial charge on any atom is 0.410 e. The Balaban J connectivity index is 2.13. The molecule has 0 aliphatic heterocycles. The zero-order valence-electron chi connectivity index (χ0n) is 22.3. The molecule has 0 spiro atoms. The van der Waals surface area contributed by atoms with Crippen molar-refractivity contribution in [1.82, 2.24) is 4.90 Å². The average Bonchev–Trinajstić information content (AvgIpc) is 2.88. The molecule has 2 aromatic rings. The molecular formula is C30H35NO5S2. The summed E-state index contributed by atoms with van der Waals surface area (Å²) in [4.78, 5) is 27.3. The van der Waals surface area contributed by atoms with Crippen LogP contribution in [0.15, 0.2) is 66.7 Å². The number of carbonyl (C=O) groups is 2. The van der Waals surface area contributed by atoms with Crippen LogP contribution in [-0.4, -0.2) is 58.5 Å². The lowest BCUT2D eigenvalue weighted by atomic mass is 10.2. The summed E-state index contributed by atoms with van der Waals surface area (Å²) in [5.41, 5.74) is 0.814. The molecule has 1 unspecified atom stereocenters. The maximum absolute atomic E-state index is 12.9. The Morgan fingerprint density at radius 1 is 1.08 bits per heavy atom. The molecule has 2 rings (SSSR count). The van der Waals surface area contributed by atoms with Gasteiger partial charge >= 0.3 is 12.1 Å². The second kappa shape index (κ2) is 16.5. The number of amides is 1. The summed E-state index contributed by atoms with van der Waals surface area (Å²) in [6, 6.07) is 18.6. The van der Waals surface area contributed by atoms with E-state index in [1.54, 1.807) is 29.2 Å². The van der Waals surface area contributed by atoms with Gasteiger partial charge in [0.2, 0.25) is 4.38 Å².